The summed E-state index contributed by atoms with van der Waals surface area (Å²) in [5, 5.41) is 0. The molecule has 2 aromatic heterocycles. The number of phosphoric ester groups is 1. The average Bonchev–Trinajstić information content (AvgIpc) is 3.05. The summed E-state index contributed by atoms with van der Waals surface area (Å²) in [7, 11) is -3.92. The molecule has 148 valence electrons. The van der Waals surface area contributed by atoms with Crippen molar-refractivity contribution in [3.63, 3.8) is 0 Å². The van der Waals surface area contributed by atoms with Crippen LogP contribution in [0.25, 0.3) is 11.2 Å². The van der Waals surface area contributed by atoms with Crippen molar-refractivity contribution >= 4 is 24.9 Å². The maximum absolute atomic E-state index is 15.7. The first-order chi connectivity index (χ1) is 12.6. The normalized spacial score (nSPS) is 36.4. The number of imidazole rings is 1. The van der Waals surface area contributed by atoms with E-state index in [9.17, 15) is 9.36 Å². The average molecular weight is 403 g/mol. The van der Waals surface area contributed by atoms with E-state index in [4.69, 9.17) is 24.0 Å². The Morgan fingerprint density at radius 3 is 3.00 bits per heavy atom. The SMILES string of the molecule is CC(C)OP1(=O)OC[C@H]2O[C@@H](n3cnc4c(=O)[nH]c(N)nc43)[C@](C)(F)C2O1. The highest BCUT2D eigenvalue weighted by Crippen LogP contribution is 2.60. The second-order valence-corrected chi connectivity index (χ2v) is 8.45. The van der Waals surface area contributed by atoms with Crippen LogP contribution in [-0.2, 0) is 22.9 Å². The quantitative estimate of drug-likeness (QED) is 0.724. The van der Waals surface area contributed by atoms with Gasteiger partial charge in [0.1, 0.15) is 12.2 Å². The van der Waals surface area contributed by atoms with Gasteiger partial charge in [-0.05, 0) is 20.8 Å². The Balaban J connectivity index is 1.71. The zero-order valence-electron chi connectivity index (χ0n) is 14.8. The Labute approximate surface area is 152 Å². The first kappa shape index (κ1) is 18.5. The van der Waals surface area contributed by atoms with Gasteiger partial charge in [-0.3, -0.25) is 27.9 Å². The van der Waals surface area contributed by atoms with Crippen LogP contribution in [0.4, 0.5) is 10.3 Å². The highest BCUT2D eigenvalue weighted by atomic mass is 31.2. The Morgan fingerprint density at radius 1 is 1.56 bits per heavy atom. The van der Waals surface area contributed by atoms with Gasteiger partial charge in [-0.15, -0.1) is 0 Å². The molecule has 11 nitrogen and oxygen atoms in total. The number of hydrogen-bond donors (Lipinski definition) is 2. The summed E-state index contributed by atoms with van der Waals surface area (Å²) in [5.74, 6) is -0.139. The largest absolute Gasteiger partial charge is 0.475 e. The van der Waals surface area contributed by atoms with Gasteiger partial charge in [-0.2, -0.15) is 4.98 Å². The number of phosphoric acid groups is 1. The van der Waals surface area contributed by atoms with Crippen LogP contribution < -0.4 is 11.3 Å². The fourth-order valence-electron chi connectivity index (χ4n) is 3.27. The van der Waals surface area contributed by atoms with Gasteiger partial charge in [-0.25, -0.2) is 13.9 Å². The lowest BCUT2D eigenvalue weighted by atomic mass is 9.98. The summed E-state index contributed by atoms with van der Waals surface area (Å²) < 4.78 is 51.1. The van der Waals surface area contributed by atoms with Gasteiger partial charge >= 0.3 is 7.82 Å². The highest BCUT2D eigenvalue weighted by Gasteiger charge is 2.61. The number of rotatable bonds is 3. The number of nitrogens with one attached hydrogen (secondary N) is 1. The number of nitrogens with zero attached hydrogens (tertiary/aromatic N) is 3. The van der Waals surface area contributed by atoms with Gasteiger partial charge in [0.25, 0.3) is 5.56 Å². The lowest BCUT2D eigenvalue weighted by Gasteiger charge is -2.34. The minimum Gasteiger partial charge on any atom is -0.369 e. The third kappa shape index (κ3) is 2.97. The molecule has 2 aromatic rings. The molecule has 2 unspecified atom stereocenters. The molecule has 2 fully saturated rings. The molecule has 2 aliphatic rings. The Hall–Kier alpha value is -1.85. The van der Waals surface area contributed by atoms with Gasteiger partial charge in [0, 0.05) is 0 Å². The van der Waals surface area contributed by atoms with Crippen LogP contribution in [-0.4, -0.2) is 50.1 Å². The number of halogens is 1. The summed E-state index contributed by atoms with van der Waals surface area (Å²) in [6.45, 7) is 4.39. The monoisotopic (exact) mass is 403 g/mol. The molecule has 13 heteroatoms. The highest BCUT2D eigenvalue weighted by molar-refractivity contribution is 7.48. The lowest BCUT2D eigenvalue weighted by Crippen LogP contribution is -2.45. The maximum atomic E-state index is 15.7. The fraction of sp³-hybridized carbons (Fsp3) is 0.643. The molecule has 4 rings (SSSR count). The molecule has 3 N–H and O–H groups in total. The molecule has 0 saturated carbocycles. The third-order valence-electron chi connectivity index (χ3n) is 4.36. The Kier molecular flexibility index (Phi) is 4.17. The summed E-state index contributed by atoms with van der Waals surface area (Å²) in [5.41, 5.74) is 2.93. The van der Waals surface area contributed by atoms with Crippen LogP contribution in [0.5, 0.6) is 0 Å². The molecule has 0 aliphatic carbocycles. The predicted octanol–water partition coefficient (Wildman–Crippen LogP) is 1.28. The molecule has 2 aliphatic heterocycles. The Bertz CT molecular complexity index is 990. The van der Waals surface area contributed by atoms with Crippen molar-refractivity contribution in [2.75, 3.05) is 12.3 Å². The zero-order valence-corrected chi connectivity index (χ0v) is 15.7. The van der Waals surface area contributed by atoms with E-state index in [1.807, 2.05) is 0 Å². The molecule has 2 saturated heterocycles. The van der Waals surface area contributed by atoms with Crippen LogP contribution in [0.2, 0.25) is 0 Å². The number of aromatic amines is 1. The van der Waals surface area contributed by atoms with Crippen molar-refractivity contribution in [1.82, 2.24) is 19.5 Å². The summed E-state index contributed by atoms with van der Waals surface area (Å²) >= 11 is 0. The van der Waals surface area contributed by atoms with Gasteiger partial charge < -0.3 is 10.5 Å². The molecular weight excluding hydrogens is 384 g/mol. The number of ether oxygens (including phenoxy) is 1. The minimum absolute atomic E-state index is 0.00977. The fourth-order valence-corrected chi connectivity index (χ4v) is 4.91. The lowest BCUT2D eigenvalue weighted by molar-refractivity contribution is -0.0733. The van der Waals surface area contributed by atoms with Crippen molar-refractivity contribution in [3.8, 4) is 0 Å². The number of H-pyrrole nitrogens is 1. The number of hydrogen-bond acceptors (Lipinski definition) is 9. The number of nitrogens with two attached hydrogens (primary N) is 1. The van der Waals surface area contributed by atoms with Crippen LogP contribution in [0.3, 0.4) is 0 Å². The van der Waals surface area contributed by atoms with Crippen molar-refractivity contribution in [2.24, 2.45) is 0 Å². The smallest absolute Gasteiger partial charge is 0.369 e. The topological polar surface area (TPSA) is 144 Å². The van der Waals surface area contributed by atoms with E-state index in [0.29, 0.717) is 0 Å². The molecule has 27 heavy (non-hydrogen) atoms. The van der Waals surface area contributed by atoms with Crippen LogP contribution in [0.1, 0.15) is 27.0 Å². The number of fused-ring (bicyclic) bond motifs is 2. The van der Waals surface area contributed by atoms with E-state index in [2.05, 4.69) is 15.0 Å². The van der Waals surface area contributed by atoms with Crippen LogP contribution in [0, 0.1) is 0 Å². The molecule has 4 heterocycles. The van der Waals surface area contributed by atoms with E-state index in [-0.39, 0.29) is 23.7 Å². The van der Waals surface area contributed by atoms with Crippen molar-refractivity contribution in [1.29, 1.82) is 0 Å². The minimum atomic E-state index is -3.92. The Morgan fingerprint density at radius 2 is 2.30 bits per heavy atom. The first-order valence-corrected chi connectivity index (χ1v) is 9.75. The second kappa shape index (κ2) is 6.08. The van der Waals surface area contributed by atoms with E-state index >= 15 is 4.39 Å². The molecular formula is C14H19FN5O6P. The van der Waals surface area contributed by atoms with Gasteiger partial charge in [0.2, 0.25) is 5.95 Å². The number of aromatic nitrogens is 4. The van der Waals surface area contributed by atoms with Gasteiger partial charge in [0.15, 0.2) is 23.1 Å². The summed E-state index contributed by atoms with van der Waals surface area (Å²) in [4.78, 5) is 22.2. The van der Waals surface area contributed by atoms with Gasteiger partial charge in [-0.1, -0.05) is 0 Å². The van der Waals surface area contributed by atoms with E-state index in [1.54, 1.807) is 13.8 Å². The van der Waals surface area contributed by atoms with Crippen LogP contribution in [0.15, 0.2) is 11.1 Å². The molecule has 0 amide bonds. The van der Waals surface area contributed by atoms with Gasteiger partial charge in [0.05, 0.1) is 19.0 Å². The van der Waals surface area contributed by atoms with E-state index in [1.165, 1.54) is 17.8 Å². The van der Waals surface area contributed by atoms with Crippen molar-refractivity contribution < 1.29 is 27.3 Å². The molecule has 0 spiro atoms. The van der Waals surface area contributed by atoms with Crippen molar-refractivity contribution in [2.45, 2.75) is 51.0 Å². The first-order valence-electron chi connectivity index (χ1n) is 8.29. The number of anilines is 1. The molecule has 5 atom stereocenters. The van der Waals surface area contributed by atoms with Crippen LogP contribution >= 0.6 is 7.82 Å². The number of alkyl halides is 1. The molecule has 0 bridgehead atoms. The van der Waals surface area contributed by atoms with E-state index < -0.39 is 43.6 Å². The van der Waals surface area contributed by atoms with Crippen molar-refractivity contribution in [3.05, 3.63) is 16.7 Å². The zero-order chi connectivity index (χ0) is 19.6. The predicted molar refractivity (Wildman–Crippen MR) is 90.6 cm³/mol. The molecule has 0 aromatic carbocycles. The third-order valence-corrected chi connectivity index (χ3v) is 5.99. The maximum Gasteiger partial charge on any atom is 0.475 e. The van der Waals surface area contributed by atoms with E-state index in [0.717, 1.165) is 0 Å². The number of nitrogen functional groups attached to an aromatic ring is 1. The second-order valence-electron chi connectivity index (χ2n) is 6.88. The standard InChI is InChI=1S/C14H19FN5O6P/c1-6(2)25-27(22)23-4-7-9(26-27)14(3,15)12(24-7)20-5-17-8-10(20)18-13(16)19-11(8)21/h5-7,9,12H,4H2,1-3H3,(H3,16,18,19,21)/t7-,9?,12-,14-,27?/m1/s1. The molecule has 0 radical (unpaired) electrons. The summed E-state index contributed by atoms with van der Waals surface area (Å²) in [6.07, 6.45) is -2.50. The summed E-state index contributed by atoms with van der Waals surface area (Å²) in [6, 6.07) is 0.